The van der Waals surface area contributed by atoms with Gasteiger partial charge in [-0.1, -0.05) is 60.2 Å². The van der Waals surface area contributed by atoms with Gasteiger partial charge in [0, 0.05) is 5.56 Å². The Labute approximate surface area is 153 Å². The number of ether oxygens (including phenoxy) is 1. The monoisotopic (exact) mass is 344 g/mol. The van der Waals surface area contributed by atoms with Crippen LogP contribution in [0, 0.1) is 6.92 Å². The van der Waals surface area contributed by atoms with Crippen LogP contribution in [-0.2, 0) is 6.61 Å². The summed E-state index contributed by atoms with van der Waals surface area (Å²) < 4.78 is 5.71. The summed E-state index contributed by atoms with van der Waals surface area (Å²) in [4.78, 5) is 12.1. The van der Waals surface area contributed by atoms with E-state index in [1.165, 1.54) is 5.56 Å². The fourth-order valence-electron chi connectivity index (χ4n) is 2.33. The summed E-state index contributed by atoms with van der Waals surface area (Å²) in [5.41, 5.74) is 6.26. The molecule has 0 aliphatic rings. The number of hydrogen-bond acceptors (Lipinski definition) is 3. The van der Waals surface area contributed by atoms with Crippen LogP contribution in [0.2, 0.25) is 0 Å². The molecule has 1 N–H and O–H groups in total. The van der Waals surface area contributed by atoms with Crippen molar-refractivity contribution in [1.82, 2.24) is 5.43 Å². The van der Waals surface area contributed by atoms with Crippen molar-refractivity contribution >= 4 is 12.1 Å². The van der Waals surface area contributed by atoms with Crippen LogP contribution in [-0.4, -0.2) is 12.1 Å². The van der Waals surface area contributed by atoms with E-state index in [1.54, 1.807) is 30.5 Å². The Balaban J connectivity index is 1.52. The first-order valence-corrected chi connectivity index (χ1v) is 8.37. The molecule has 130 valence electrons. The van der Waals surface area contributed by atoms with E-state index in [0.717, 1.165) is 11.1 Å². The topological polar surface area (TPSA) is 50.7 Å². The molecule has 4 nitrogen and oxygen atoms in total. The third-order valence-electron chi connectivity index (χ3n) is 3.82. The van der Waals surface area contributed by atoms with Gasteiger partial charge in [0.2, 0.25) is 0 Å². The third-order valence-corrected chi connectivity index (χ3v) is 3.82. The molecule has 0 spiro atoms. The fraction of sp³-hybridized carbons (Fsp3) is 0.0909. The summed E-state index contributed by atoms with van der Waals surface area (Å²) >= 11 is 0. The number of aryl methyl sites for hydroxylation is 1. The molecule has 0 aliphatic carbocycles. The summed E-state index contributed by atoms with van der Waals surface area (Å²) in [7, 11) is 0. The number of hydrogen-bond donors (Lipinski definition) is 1. The van der Waals surface area contributed by atoms with Gasteiger partial charge in [0.25, 0.3) is 5.91 Å². The lowest BCUT2D eigenvalue weighted by atomic mass is 10.2. The Morgan fingerprint density at radius 2 is 1.65 bits per heavy atom. The Kier molecular flexibility index (Phi) is 5.78. The number of benzene rings is 3. The maximum atomic E-state index is 12.1. The van der Waals surface area contributed by atoms with Gasteiger partial charge in [0.15, 0.2) is 0 Å². The van der Waals surface area contributed by atoms with Crippen LogP contribution < -0.4 is 10.2 Å². The molecule has 0 atom stereocenters. The molecule has 4 heteroatoms. The average molecular weight is 344 g/mol. The van der Waals surface area contributed by atoms with E-state index in [-0.39, 0.29) is 5.91 Å². The number of nitrogens with zero attached hydrogens (tertiary/aromatic N) is 1. The predicted octanol–water partition coefficient (Wildman–Crippen LogP) is 4.34. The van der Waals surface area contributed by atoms with Gasteiger partial charge >= 0.3 is 0 Å². The molecule has 0 fully saturated rings. The summed E-state index contributed by atoms with van der Waals surface area (Å²) in [6.45, 7) is 2.52. The number of amides is 1. The molecular weight excluding hydrogens is 324 g/mol. The molecule has 0 saturated carbocycles. The number of carbonyl (C=O) groups excluding carboxylic acids is 1. The molecule has 0 saturated heterocycles. The molecule has 0 aliphatic heterocycles. The smallest absolute Gasteiger partial charge is 0.271 e. The number of hydrazone groups is 1. The summed E-state index contributed by atoms with van der Waals surface area (Å²) in [5.74, 6) is 0.455. The Bertz CT molecular complexity index is 870. The van der Waals surface area contributed by atoms with Crippen LogP contribution in [0.25, 0.3) is 0 Å². The lowest BCUT2D eigenvalue weighted by molar-refractivity contribution is 0.0955. The summed E-state index contributed by atoms with van der Waals surface area (Å²) in [6.07, 6.45) is 1.62. The molecule has 26 heavy (non-hydrogen) atoms. The standard InChI is InChI=1S/C22H20N2O2/c1-17-7-9-18(10-8-17)15-23-24-22(25)20-11-13-21(14-12-20)26-16-19-5-3-2-4-6-19/h2-15H,16H2,1H3,(H,24,25)/b23-15-. The molecule has 3 aromatic rings. The Hall–Kier alpha value is -3.40. The van der Waals surface area contributed by atoms with Crippen molar-refractivity contribution in [3.63, 3.8) is 0 Å². The average Bonchev–Trinajstić information content (AvgIpc) is 2.69. The van der Waals surface area contributed by atoms with E-state index < -0.39 is 0 Å². The van der Waals surface area contributed by atoms with Gasteiger partial charge in [-0.25, -0.2) is 5.43 Å². The number of carbonyl (C=O) groups is 1. The molecule has 0 heterocycles. The van der Waals surface area contributed by atoms with E-state index in [9.17, 15) is 4.79 Å². The zero-order chi connectivity index (χ0) is 18.2. The van der Waals surface area contributed by atoms with Crippen molar-refractivity contribution in [2.24, 2.45) is 5.10 Å². The van der Waals surface area contributed by atoms with E-state index in [0.29, 0.717) is 17.9 Å². The van der Waals surface area contributed by atoms with Crippen molar-refractivity contribution < 1.29 is 9.53 Å². The molecule has 1 amide bonds. The van der Waals surface area contributed by atoms with Crippen LogP contribution in [0.5, 0.6) is 5.75 Å². The maximum absolute atomic E-state index is 12.1. The minimum Gasteiger partial charge on any atom is -0.489 e. The summed E-state index contributed by atoms with van der Waals surface area (Å²) in [6, 6.07) is 24.8. The Morgan fingerprint density at radius 1 is 0.962 bits per heavy atom. The molecular formula is C22H20N2O2. The van der Waals surface area contributed by atoms with Crippen molar-refractivity contribution in [3.8, 4) is 5.75 Å². The van der Waals surface area contributed by atoms with Gasteiger partial charge in [0.05, 0.1) is 6.21 Å². The highest BCUT2D eigenvalue weighted by Crippen LogP contribution is 2.14. The van der Waals surface area contributed by atoms with Gasteiger partial charge in [-0.05, 0) is 42.3 Å². The van der Waals surface area contributed by atoms with Gasteiger partial charge in [-0.3, -0.25) is 4.79 Å². The van der Waals surface area contributed by atoms with Crippen molar-refractivity contribution in [1.29, 1.82) is 0 Å². The molecule has 0 bridgehead atoms. The minimum absolute atomic E-state index is 0.261. The maximum Gasteiger partial charge on any atom is 0.271 e. The van der Waals surface area contributed by atoms with E-state index in [2.05, 4.69) is 10.5 Å². The Morgan fingerprint density at radius 3 is 2.35 bits per heavy atom. The second-order valence-corrected chi connectivity index (χ2v) is 5.91. The van der Waals surface area contributed by atoms with Gasteiger partial charge in [-0.2, -0.15) is 5.10 Å². The van der Waals surface area contributed by atoms with Crippen LogP contribution in [0.15, 0.2) is 84.0 Å². The van der Waals surface area contributed by atoms with Crippen LogP contribution in [0.3, 0.4) is 0 Å². The van der Waals surface area contributed by atoms with Crippen LogP contribution >= 0.6 is 0 Å². The largest absolute Gasteiger partial charge is 0.489 e. The summed E-state index contributed by atoms with van der Waals surface area (Å²) in [5, 5.41) is 3.99. The van der Waals surface area contributed by atoms with Crippen LogP contribution in [0.1, 0.15) is 27.0 Å². The fourth-order valence-corrected chi connectivity index (χ4v) is 2.33. The predicted molar refractivity (Wildman–Crippen MR) is 103 cm³/mol. The van der Waals surface area contributed by atoms with Crippen molar-refractivity contribution in [3.05, 3.63) is 101 Å². The van der Waals surface area contributed by atoms with E-state index in [4.69, 9.17) is 4.74 Å². The molecule has 3 rings (SSSR count). The van der Waals surface area contributed by atoms with Gasteiger partial charge in [0.1, 0.15) is 12.4 Å². The minimum atomic E-state index is -0.261. The molecule has 0 radical (unpaired) electrons. The van der Waals surface area contributed by atoms with Gasteiger partial charge < -0.3 is 4.74 Å². The highest BCUT2D eigenvalue weighted by molar-refractivity contribution is 5.95. The number of rotatable bonds is 6. The second kappa shape index (κ2) is 8.62. The lowest BCUT2D eigenvalue weighted by Crippen LogP contribution is -2.17. The first-order chi connectivity index (χ1) is 12.7. The quantitative estimate of drug-likeness (QED) is 0.534. The van der Waals surface area contributed by atoms with Crippen LogP contribution in [0.4, 0.5) is 0 Å². The molecule has 0 unspecified atom stereocenters. The van der Waals surface area contributed by atoms with Gasteiger partial charge in [-0.15, -0.1) is 0 Å². The normalized spacial score (nSPS) is 10.7. The zero-order valence-electron chi connectivity index (χ0n) is 14.6. The highest BCUT2D eigenvalue weighted by Gasteiger charge is 2.04. The third kappa shape index (κ3) is 5.05. The first-order valence-electron chi connectivity index (χ1n) is 8.37. The first kappa shape index (κ1) is 17.4. The van der Waals surface area contributed by atoms with Crippen molar-refractivity contribution in [2.45, 2.75) is 13.5 Å². The number of nitrogens with one attached hydrogen (secondary N) is 1. The van der Waals surface area contributed by atoms with E-state index in [1.807, 2.05) is 61.5 Å². The SMILES string of the molecule is Cc1ccc(/C=N\NC(=O)c2ccc(OCc3ccccc3)cc2)cc1. The molecule has 3 aromatic carbocycles. The van der Waals surface area contributed by atoms with Crippen molar-refractivity contribution in [2.75, 3.05) is 0 Å². The lowest BCUT2D eigenvalue weighted by Gasteiger charge is -2.07. The van der Waals surface area contributed by atoms with E-state index >= 15 is 0 Å². The zero-order valence-corrected chi connectivity index (χ0v) is 14.6. The molecule has 0 aromatic heterocycles. The highest BCUT2D eigenvalue weighted by atomic mass is 16.5. The second-order valence-electron chi connectivity index (χ2n) is 5.91.